The van der Waals surface area contributed by atoms with Crippen LogP contribution in [0, 0.1) is 17.2 Å². The summed E-state index contributed by atoms with van der Waals surface area (Å²) >= 11 is 0. The molecule has 164 valence electrons. The molecule has 0 radical (unpaired) electrons. The van der Waals surface area contributed by atoms with Gasteiger partial charge in [-0.25, -0.2) is 9.07 Å². The predicted molar refractivity (Wildman–Crippen MR) is 122 cm³/mol. The third-order valence-corrected chi connectivity index (χ3v) is 6.99. The van der Waals surface area contributed by atoms with Crippen LogP contribution in [0.3, 0.4) is 0 Å². The number of allylic oxidation sites excluding steroid dienone is 1. The SMILES string of the molecule is C[C@]12Cc3cnn(-c4ccc(F)cc4)c3C=C1CC[C@@H]2C(=O)N(CCO)c1ccccc1. The quantitative estimate of drug-likeness (QED) is 0.652. The van der Waals surface area contributed by atoms with Crippen LogP contribution in [0.2, 0.25) is 0 Å². The number of aliphatic hydroxyl groups is 1. The minimum absolute atomic E-state index is 0.0607. The first kappa shape index (κ1) is 20.6. The molecule has 0 spiro atoms. The molecule has 0 saturated heterocycles. The van der Waals surface area contributed by atoms with Crippen molar-refractivity contribution in [2.24, 2.45) is 11.3 Å². The van der Waals surface area contributed by atoms with Gasteiger partial charge in [0, 0.05) is 23.6 Å². The molecular formula is C26H26FN3O2. The Morgan fingerprint density at radius 2 is 1.97 bits per heavy atom. The molecular weight excluding hydrogens is 405 g/mol. The van der Waals surface area contributed by atoms with Crippen molar-refractivity contribution < 1.29 is 14.3 Å². The second kappa shape index (κ2) is 8.02. The van der Waals surface area contributed by atoms with Gasteiger partial charge < -0.3 is 10.0 Å². The van der Waals surface area contributed by atoms with E-state index in [1.54, 1.807) is 17.0 Å². The maximum atomic E-state index is 13.7. The average molecular weight is 432 g/mol. The number of amides is 1. The van der Waals surface area contributed by atoms with E-state index < -0.39 is 0 Å². The summed E-state index contributed by atoms with van der Waals surface area (Å²) in [7, 11) is 0. The molecule has 1 N–H and O–H groups in total. The van der Waals surface area contributed by atoms with Crippen LogP contribution in [-0.4, -0.2) is 33.9 Å². The van der Waals surface area contributed by atoms with Gasteiger partial charge in [0.15, 0.2) is 0 Å². The standard InChI is InChI=1S/C26H26FN3O2/c1-26-16-18-17-28-30(22-10-8-20(27)9-11-22)24(18)15-19(26)7-12-23(26)25(32)29(13-14-31)21-5-3-2-4-6-21/h2-6,8-11,15,17,23,31H,7,12-14,16H2,1H3/t23-,26+/m1/s1. The fraction of sp³-hybridized carbons (Fsp3) is 0.308. The molecule has 2 aromatic carbocycles. The van der Waals surface area contributed by atoms with Gasteiger partial charge >= 0.3 is 0 Å². The van der Waals surface area contributed by atoms with Crippen molar-refractivity contribution in [2.45, 2.75) is 26.2 Å². The number of aromatic nitrogens is 2. The fourth-order valence-electron chi connectivity index (χ4n) is 5.29. The van der Waals surface area contributed by atoms with Crippen LogP contribution in [-0.2, 0) is 11.2 Å². The summed E-state index contributed by atoms with van der Waals surface area (Å²) in [5.41, 5.74) is 4.69. The molecule has 5 nitrogen and oxygen atoms in total. The maximum absolute atomic E-state index is 13.7. The number of anilines is 1. The molecule has 1 heterocycles. The highest BCUT2D eigenvalue weighted by molar-refractivity contribution is 5.96. The van der Waals surface area contributed by atoms with Crippen molar-refractivity contribution >= 4 is 17.7 Å². The van der Waals surface area contributed by atoms with Crippen molar-refractivity contribution in [3.8, 4) is 5.69 Å². The number of carbonyl (C=O) groups is 1. The van der Waals surface area contributed by atoms with Gasteiger partial charge in [-0.05, 0) is 67.3 Å². The van der Waals surface area contributed by atoms with Gasteiger partial charge in [-0.15, -0.1) is 0 Å². The minimum atomic E-state index is -0.288. The zero-order valence-electron chi connectivity index (χ0n) is 18.0. The van der Waals surface area contributed by atoms with E-state index in [9.17, 15) is 14.3 Å². The average Bonchev–Trinajstić information content (AvgIpc) is 3.36. The van der Waals surface area contributed by atoms with Gasteiger partial charge in [0.1, 0.15) is 5.82 Å². The molecule has 6 heteroatoms. The molecule has 2 aliphatic rings. The van der Waals surface area contributed by atoms with Crippen molar-refractivity contribution in [1.29, 1.82) is 0 Å². The Balaban J connectivity index is 1.47. The highest BCUT2D eigenvalue weighted by atomic mass is 19.1. The number of benzene rings is 2. The lowest BCUT2D eigenvalue weighted by Crippen LogP contribution is -2.44. The molecule has 2 atom stereocenters. The molecule has 5 rings (SSSR count). The van der Waals surface area contributed by atoms with Gasteiger partial charge in [0.2, 0.25) is 5.91 Å². The summed E-state index contributed by atoms with van der Waals surface area (Å²) in [4.78, 5) is 15.4. The van der Waals surface area contributed by atoms with Crippen LogP contribution >= 0.6 is 0 Å². The Hall–Kier alpha value is -3.25. The van der Waals surface area contributed by atoms with Crippen LogP contribution in [0.4, 0.5) is 10.1 Å². The Bertz CT molecular complexity index is 1170. The monoisotopic (exact) mass is 431 g/mol. The first-order valence-electron chi connectivity index (χ1n) is 11.0. The Morgan fingerprint density at radius 3 is 2.69 bits per heavy atom. The van der Waals surface area contributed by atoms with E-state index in [0.29, 0.717) is 0 Å². The highest BCUT2D eigenvalue weighted by Gasteiger charge is 2.49. The second-order valence-corrected chi connectivity index (χ2v) is 8.85. The smallest absolute Gasteiger partial charge is 0.231 e. The molecule has 1 fully saturated rings. The van der Waals surface area contributed by atoms with E-state index in [2.05, 4.69) is 18.1 Å². The number of para-hydroxylation sites is 1. The molecule has 1 aromatic heterocycles. The summed E-state index contributed by atoms with van der Waals surface area (Å²) < 4.78 is 15.2. The van der Waals surface area contributed by atoms with Crippen LogP contribution < -0.4 is 4.90 Å². The van der Waals surface area contributed by atoms with Crippen LogP contribution in [0.15, 0.2) is 66.4 Å². The number of carbonyl (C=O) groups excluding carboxylic acids is 1. The van der Waals surface area contributed by atoms with Crippen LogP contribution in [0.25, 0.3) is 11.8 Å². The molecule has 0 bridgehead atoms. The number of rotatable bonds is 5. The molecule has 1 saturated carbocycles. The minimum Gasteiger partial charge on any atom is -0.395 e. The largest absolute Gasteiger partial charge is 0.395 e. The third-order valence-electron chi connectivity index (χ3n) is 6.99. The topological polar surface area (TPSA) is 58.4 Å². The Morgan fingerprint density at radius 1 is 1.22 bits per heavy atom. The van der Waals surface area contributed by atoms with Crippen molar-refractivity contribution in [2.75, 3.05) is 18.1 Å². The summed E-state index contributed by atoms with van der Waals surface area (Å²) in [5, 5.41) is 14.2. The molecule has 32 heavy (non-hydrogen) atoms. The summed E-state index contributed by atoms with van der Waals surface area (Å²) in [6.45, 7) is 2.37. The third kappa shape index (κ3) is 3.35. The Kier molecular flexibility index (Phi) is 5.18. The van der Waals surface area contributed by atoms with Crippen molar-refractivity contribution in [1.82, 2.24) is 9.78 Å². The van der Waals surface area contributed by atoms with Gasteiger partial charge in [0.25, 0.3) is 0 Å². The number of halogens is 1. The predicted octanol–water partition coefficient (Wildman–Crippen LogP) is 4.39. The normalized spacial score (nSPS) is 21.6. The summed E-state index contributed by atoms with van der Waals surface area (Å²) in [6.07, 6.45) is 6.39. The molecule has 0 unspecified atom stereocenters. The molecule has 0 aliphatic heterocycles. The number of fused-ring (bicyclic) bond motifs is 2. The van der Waals surface area contributed by atoms with E-state index in [1.807, 2.05) is 41.2 Å². The summed E-state index contributed by atoms with van der Waals surface area (Å²) in [5.74, 6) is -0.378. The number of aliphatic hydroxyl groups excluding tert-OH is 1. The lowest BCUT2D eigenvalue weighted by atomic mass is 9.69. The zero-order valence-corrected chi connectivity index (χ0v) is 18.0. The number of hydrogen-bond acceptors (Lipinski definition) is 3. The highest BCUT2D eigenvalue weighted by Crippen LogP contribution is 2.53. The van der Waals surface area contributed by atoms with Gasteiger partial charge in [0.05, 0.1) is 24.2 Å². The van der Waals surface area contributed by atoms with Gasteiger partial charge in [-0.3, -0.25) is 4.79 Å². The van der Waals surface area contributed by atoms with Gasteiger partial charge in [-0.2, -0.15) is 5.10 Å². The van der Waals surface area contributed by atoms with Crippen molar-refractivity contribution in [3.63, 3.8) is 0 Å². The van der Waals surface area contributed by atoms with Gasteiger partial charge in [-0.1, -0.05) is 30.7 Å². The van der Waals surface area contributed by atoms with Crippen LogP contribution in [0.1, 0.15) is 31.0 Å². The van der Waals surface area contributed by atoms with E-state index in [-0.39, 0.29) is 36.2 Å². The fourth-order valence-corrected chi connectivity index (χ4v) is 5.29. The van der Waals surface area contributed by atoms with E-state index in [1.165, 1.54) is 17.7 Å². The zero-order chi connectivity index (χ0) is 22.3. The second-order valence-electron chi connectivity index (χ2n) is 8.85. The number of nitrogens with zero attached hydrogens (tertiary/aromatic N) is 3. The van der Waals surface area contributed by atoms with E-state index >= 15 is 0 Å². The molecule has 2 aliphatic carbocycles. The lowest BCUT2D eigenvalue weighted by molar-refractivity contribution is -0.124. The molecule has 1 amide bonds. The van der Waals surface area contributed by atoms with E-state index in [0.717, 1.165) is 41.9 Å². The Labute approximate surface area is 186 Å². The first-order chi connectivity index (χ1) is 15.5. The lowest BCUT2D eigenvalue weighted by Gasteiger charge is -2.37. The summed E-state index contributed by atoms with van der Waals surface area (Å²) in [6, 6.07) is 15.9. The molecule has 3 aromatic rings. The van der Waals surface area contributed by atoms with E-state index in [4.69, 9.17) is 0 Å². The van der Waals surface area contributed by atoms with Crippen molar-refractivity contribution in [3.05, 3.63) is 83.4 Å². The first-order valence-corrected chi connectivity index (χ1v) is 11.0. The number of hydrogen-bond donors (Lipinski definition) is 1. The van der Waals surface area contributed by atoms with Crippen LogP contribution in [0.5, 0.6) is 0 Å². The maximum Gasteiger partial charge on any atom is 0.231 e.